The fourth-order valence-corrected chi connectivity index (χ4v) is 7.37. The van der Waals surface area contributed by atoms with Crippen molar-refractivity contribution in [1.29, 1.82) is 0 Å². The van der Waals surface area contributed by atoms with Crippen molar-refractivity contribution in [3.05, 3.63) is 75.2 Å². The van der Waals surface area contributed by atoms with E-state index in [2.05, 4.69) is 4.98 Å². The van der Waals surface area contributed by atoms with Crippen LogP contribution in [0.15, 0.2) is 46.8 Å². The Morgan fingerprint density at radius 1 is 1.24 bits per heavy atom. The minimum Gasteiger partial charge on any atom is -0.344 e. The Balaban J connectivity index is 1.48. The lowest BCUT2D eigenvalue weighted by Gasteiger charge is -2.16. The van der Waals surface area contributed by atoms with Crippen LogP contribution in [-0.2, 0) is 16.4 Å². The highest BCUT2D eigenvalue weighted by atomic mass is 32.2. The van der Waals surface area contributed by atoms with Gasteiger partial charge >= 0.3 is 0 Å². The fourth-order valence-electron chi connectivity index (χ4n) is 4.76. The maximum absolute atomic E-state index is 13.3. The first-order valence-corrected chi connectivity index (χ1v) is 13.5. The maximum Gasteiger partial charge on any atom is 0.263 e. The molecule has 176 valence electrons. The zero-order valence-electron chi connectivity index (χ0n) is 18.6. The Kier molecular flexibility index (Phi) is 5.52. The lowest BCUT2D eigenvalue weighted by atomic mass is 10.1. The summed E-state index contributed by atoms with van der Waals surface area (Å²) in [5.74, 6) is -0.392. The molecule has 0 bridgehead atoms. The van der Waals surface area contributed by atoms with Crippen molar-refractivity contribution in [2.24, 2.45) is 0 Å². The van der Waals surface area contributed by atoms with E-state index < -0.39 is 9.84 Å². The zero-order chi connectivity index (χ0) is 24.2. The molecule has 4 aromatic rings. The number of thiophene rings is 1. The predicted molar refractivity (Wildman–Crippen MR) is 130 cm³/mol. The summed E-state index contributed by atoms with van der Waals surface area (Å²) in [4.78, 5) is 31.4. The first-order valence-electron chi connectivity index (χ1n) is 10.8. The van der Waals surface area contributed by atoms with E-state index in [1.165, 1.54) is 34.4 Å². The summed E-state index contributed by atoms with van der Waals surface area (Å²) in [7, 11) is -3.07. The van der Waals surface area contributed by atoms with Crippen molar-refractivity contribution in [2.75, 3.05) is 11.5 Å². The molecule has 0 amide bonds. The zero-order valence-corrected chi connectivity index (χ0v) is 20.2. The number of hydrogen-bond acceptors (Lipinski definition) is 6. The third kappa shape index (κ3) is 3.90. The summed E-state index contributed by atoms with van der Waals surface area (Å²) in [6.07, 6.45) is 1.90. The standard InChI is InChI=1S/C24H22FN3O4S2/c1-14-9-19(15(2)28(14)18-7-8-34(31,32)12-18)21(29)10-27-13-26-23-22(24(27)30)20(11-33-23)16-3-5-17(25)6-4-16/h3-6,9,11,13,18H,7-8,10,12H2,1-2H3. The third-order valence-corrected chi connectivity index (χ3v) is 9.02. The highest BCUT2D eigenvalue weighted by molar-refractivity contribution is 7.91. The molecule has 1 fully saturated rings. The first kappa shape index (κ1) is 22.7. The summed E-state index contributed by atoms with van der Waals surface area (Å²) in [5, 5.41) is 2.20. The van der Waals surface area contributed by atoms with Gasteiger partial charge in [0.1, 0.15) is 10.6 Å². The second-order valence-electron chi connectivity index (χ2n) is 8.65. The number of carbonyl (C=O) groups excluding carboxylic acids is 1. The van der Waals surface area contributed by atoms with E-state index in [-0.39, 0.29) is 41.3 Å². The Labute approximate surface area is 199 Å². The van der Waals surface area contributed by atoms with E-state index in [4.69, 9.17) is 0 Å². The van der Waals surface area contributed by atoms with Gasteiger partial charge in [0.05, 0.1) is 29.8 Å². The van der Waals surface area contributed by atoms with Crippen LogP contribution in [0.5, 0.6) is 0 Å². The molecule has 4 heterocycles. The van der Waals surface area contributed by atoms with Crippen LogP contribution in [0.4, 0.5) is 4.39 Å². The molecule has 10 heteroatoms. The number of ketones is 1. The van der Waals surface area contributed by atoms with E-state index in [1.54, 1.807) is 25.1 Å². The van der Waals surface area contributed by atoms with Crippen LogP contribution in [0.2, 0.25) is 0 Å². The number of nitrogens with zero attached hydrogens (tertiary/aromatic N) is 3. The van der Waals surface area contributed by atoms with Gasteiger partial charge in [-0.2, -0.15) is 0 Å². The van der Waals surface area contributed by atoms with Gasteiger partial charge in [-0.05, 0) is 44.0 Å². The smallest absolute Gasteiger partial charge is 0.263 e. The Morgan fingerprint density at radius 3 is 2.65 bits per heavy atom. The number of benzene rings is 1. The summed E-state index contributed by atoms with van der Waals surface area (Å²) < 4.78 is 40.4. The van der Waals surface area contributed by atoms with Crippen LogP contribution >= 0.6 is 11.3 Å². The largest absolute Gasteiger partial charge is 0.344 e. The average Bonchev–Trinajstić information content (AvgIpc) is 3.46. The van der Waals surface area contributed by atoms with Gasteiger partial charge in [0.2, 0.25) is 0 Å². The third-order valence-electron chi connectivity index (χ3n) is 6.39. The maximum atomic E-state index is 13.3. The van der Waals surface area contributed by atoms with Gasteiger partial charge in [0.15, 0.2) is 15.6 Å². The molecule has 1 aliphatic heterocycles. The van der Waals surface area contributed by atoms with E-state index in [1.807, 2.05) is 16.9 Å². The lowest BCUT2D eigenvalue weighted by molar-refractivity contribution is 0.0970. The number of aromatic nitrogens is 3. The molecule has 1 aliphatic rings. The number of Topliss-reactive ketones (excluding diaryl/α,β-unsaturated/α-hetero) is 1. The molecule has 0 N–H and O–H groups in total. The molecule has 1 atom stereocenters. The number of aryl methyl sites for hydroxylation is 1. The SMILES string of the molecule is Cc1cc(C(=O)Cn2cnc3scc(-c4ccc(F)cc4)c3c2=O)c(C)n1C1CCS(=O)(=O)C1. The van der Waals surface area contributed by atoms with Crippen molar-refractivity contribution < 1.29 is 17.6 Å². The van der Waals surface area contributed by atoms with Crippen LogP contribution < -0.4 is 5.56 Å². The number of fused-ring (bicyclic) bond motifs is 1. The molecular formula is C24H22FN3O4S2. The molecule has 1 unspecified atom stereocenters. The van der Waals surface area contributed by atoms with Crippen molar-refractivity contribution in [1.82, 2.24) is 14.1 Å². The minimum atomic E-state index is -3.07. The summed E-state index contributed by atoms with van der Waals surface area (Å²) in [6.45, 7) is 3.48. The van der Waals surface area contributed by atoms with Gasteiger partial charge < -0.3 is 4.57 Å². The minimum absolute atomic E-state index is 0.0708. The highest BCUT2D eigenvalue weighted by Gasteiger charge is 2.31. The second-order valence-corrected chi connectivity index (χ2v) is 11.7. The van der Waals surface area contributed by atoms with Gasteiger partial charge in [-0.3, -0.25) is 14.2 Å². The van der Waals surface area contributed by atoms with E-state index >= 15 is 0 Å². The van der Waals surface area contributed by atoms with E-state index in [0.717, 1.165) is 5.69 Å². The lowest BCUT2D eigenvalue weighted by Crippen LogP contribution is -2.25. The summed E-state index contributed by atoms with van der Waals surface area (Å²) in [5.41, 5.74) is 3.01. The first-order chi connectivity index (χ1) is 16.1. The number of hydrogen-bond donors (Lipinski definition) is 0. The molecule has 5 rings (SSSR count). The van der Waals surface area contributed by atoms with E-state index in [9.17, 15) is 22.4 Å². The van der Waals surface area contributed by atoms with Gasteiger partial charge in [0, 0.05) is 33.9 Å². The van der Waals surface area contributed by atoms with Crippen molar-refractivity contribution >= 4 is 37.2 Å². The van der Waals surface area contributed by atoms with Crippen molar-refractivity contribution in [3.8, 4) is 11.1 Å². The number of carbonyl (C=O) groups is 1. The predicted octanol–water partition coefficient (Wildman–Crippen LogP) is 3.92. The molecule has 0 radical (unpaired) electrons. The number of sulfone groups is 1. The quantitative estimate of drug-likeness (QED) is 0.388. The molecule has 3 aromatic heterocycles. The van der Waals surface area contributed by atoms with Crippen LogP contribution in [0.3, 0.4) is 0 Å². The molecule has 34 heavy (non-hydrogen) atoms. The van der Waals surface area contributed by atoms with Gasteiger partial charge in [-0.15, -0.1) is 11.3 Å². The van der Waals surface area contributed by atoms with Crippen molar-refractivity contribution in [2.45, 2.75) is 32.9 Å². The number of halogens is 1. The molecule has 1 aromatic carbocycles. The Hall–Kier alpha value is -3.11. The molecular weight excluding hydrogens is 477 g/mol. The Bertz CT molecular complexity index is 1600. The summed E-state index contributed by atoms with van der Waals surface area (Å²) in [6, 6.07) is 7.46. The molecule has 1 saturated heterocycles. The molecule has 7 nitrogen and oxygen atoms in total. The van der Waals surface area contributed by atoms with Crippen LogP contribution in [-0.4, -0.2) is 39.8 Å². The van der Waals surface area contributed by atoms with Crippen molar-refractivity contribution in [3.63, 3.8) is 0 Å². The highest BCUT2D eigenvalue weighted by Crippen LogP contribution is 2.31. The Morgan fingerprint density at radius 2 is 1.97 bits per heavy atom. The van der Waals surface area contributed by atoms with Crippen LogP contribution in [0, 0.1) is 19.7 Å². The fraction of sp³-hybridized carbons (Fsp3) is 0.292. The monoisotopic (exact) mass is 499 g/mol. The van der Waals surface area contributed by atoms with Gasteiger partial charge in [-0.25, -0.2) is 17.8 Å². The number of rotatable bonds is 5. The normalized spacial score (nSPS) is 17.4. The summed E-state index contributed by atoms with van der Waals surface area (Å²) >= 11 is 1.32. The molecule has 0 saturated carbocycles. The average molecular weight is 500 g/mol. The van der Waals surface area contributed by atoms with Gasteiger partial charge in [-0.1, -0.05) is 12.1 Å². The van der Waals surface area contributed by atoms with Crippen LogP contribution in [0.1, 0.15) is 34.2 Å². The molecule has 0 spiro atoms. The topological polar surface area (TPSA) is 91.0 Å². The second kappa shape index (κ2) is 8.28. The van der Waals surface area contributed by atoms with E-state index in [0.29, 0.717) is 39.0 Å². The molecule has 0 aliphatic carbocycles. The van der Waals surface area contributed by atoms with Crippen LogP contribution in [0.25, 0.3) is 21.3 Å². The van der Waals surface area contributed by atoms with Gasteiger partial charge in [0.25, 0.3) is 5.56 Å².